The van der Waals surface area contributed by atoms with Crippen LogP contribution in [0.15, 0.2) is 71.4 Å². The summed E-state index contributed by atoms with van der Waals surface area (Å²) in [7, 11) is 0. The molecule has 0 bridgehead atoms. The lowest BCUT2D eigenvalue weighted by Crippen LogP contribution is -2.13. The van der Waals surface area contributed by atoms with Crippen LogP contribution in [-0.4, -0.2) is 21.3 Å². The minimum atomic E-state index is -0.328. The highest BCUT2D eigenvalue weighted by atomic mass is 32.2. The summed E-state index contributed by atoms with van der Waals surface area (Å²) >= 11 is 1.36. The van der Waals surface area contributed by atoms with Crippen molar-refractivity contribution in [2.45, 2.75) is 11.4 Å². The van der Waals surface area contributed by atoms with Gasteiger partial charge in [0.1, 0.15) is 5.82 Å². The van der Waals surface area contributed by atoms with E-state index in [1.165, 1.54) is 23.4 Å². The van der Waals surface area contributed by atoms with Crippen molar-refractivity contribution >= 4 is 23.6 Å². The molecular weight excluding hydrogens is 335 g/mol. The minimum Gasteiger partial charge on any atom is -0.289 e. The van der Waals surface area contributed by atoms with Crippen LogP contribution < -0.4 is 0 Å². The van der Waals surface area contributed by atoms with Gasteiger partial charge in [0.25, 0.3) is 0 Å². The Morgan fingerprint density at radius 1 is 1.16 bits per heavy atom. The second-order valence-electron chi connectivity index (χ2n) is 5.86. The Kier molecular flexibility index (Phi) is 4.24. The quantitative estimate of drug-likeness (QED) is 0.655. The molecule has 0 fully saturated rings. The van der Waals surface area contributed by atoms with Gasteiger partial charge in [-0.2, -0.15) is 5.10 Å². The number of thioether (sulfide) groups is 1. The summed E-state index contributed by atoms with van der Waals surface area (Å²) < 4.78 is 15.6. The van der Waals surface area contributed by atoms with Crippen LogP contribution in [0.3, 0.4) is 0 Å². The molecule has 3 aromatic rings. The summed E-state index contributed by atoms with van der Waals surface area (Å²) in [4.78, 5) is 13.0. The van der Waals surface area contributed by atoms with Crippen LogP contribution in [0.25, 0.3) is 6.08 Å². The van der Waals surface area contributed by atoms with Gasteiger partial charge in [-0.15, -0.1) is 11.8 Å². The summed E-state index contributed by atoms with van der Waals surface area (Å²) in [6.45, 7) is 0.681. The van der Waals surface area contributed by atoms with Crippen LogP contribution in [0.1, 0.15) is 21.5 Å². The third-order valence-electron chi connectivity index (χ3n) is 4.06. The molecule has 3 nitrogen and oxygen atoms in total. The summed E-state index contributed by atoms with van der Waals surface area (Å²) in [6, 6.07) is 14.7. The zero-order valence-electron chi connectivity index (χ0n) is 13.4. The van der Waals surface area contributed by atoms with E-state index in [0.29, 0.717) is 28.3 Å². The van der Waals surface area contributed by atoms with Gasteiger partial charge in [0.05, 0.1) is 17.6 Å². The SMILES string of the molecule is O=C1C(=Cc2cnn(Cc3ccccc3)c2)CSc2c(F)cccc21. The minimum absolute atomic E-state index is 0.107. The molecule has 0 atom stereocenters. The lowest BCUT2D eigenvalue weighted by Gasteiger charge is -2.17. The predicted octanol–water partition coefficient (Wildman–Crippen LogP) is 4.44. The molecular formula is C20H15FN2OS. The van der Waals surface area contributed by atoms with E-state index in [2.05, 4.69) is 5.10 Å². The maximum Gasteiger partial charge on any atom is 0.191 e. The van der Waals surface area contributed by atoms with E-state index in [1.807, 2.05) is 47.3 Å². The summed E-state index contributed by atoms with van der Waals surface area (Å²) in [6.07, 6.45) is 5.51. The fraction of sp³-hybridized carbons (Fsp3) is 0.100. The van der Waals surface area contributed by atoms with Crippen molar-refractivity contribution in [1.29, 1.82) is 0 Å². The molecule has 5 heteroatoms. The van der Waals surface area contributed by atoms with E-state index < -0.39 is 0 Å². The monoisotopic (exact) mass is 350 g/mol. The molecule has 0 radical (unpaired) electrons. The van der Waals surface area contributed by atoms with Gasteiger partial charge in [-0.25, -0.2) is 4.39 Å². The average molecular weight is 350 g/mol. The normalized spacial score (nSPS) is 15.4. The number of benzene rings is 2. The van der Waals surface area contributed by atoms with E-state index >= 15 is 0 Å². The predicted molar refractivity (Wildman–Crippen MR) is 97.2 cm³/mol. The van der Waals surface area contributed by atoms with Gasteiger partial charge in [-0.05, 0) is 23.8 Å². The van der Waals surface area contributed by atoms with E-state index in [0.717, 1.165) is 5.56 Å². The first kappa shape index (κ1) is 15.8. The molecule has 1 aliphatic heterocycles. The second kappa shape index (κ2) is 6.69. The van der Waals surface area contributed by atoms with Crippen LogP contribution >= 0.6 is 11.8 Å². The largest absolute Gasteiger partial charge is 0.289 e. The molecule has 2 heterocycles. The average Bonchev–Trinajstić information content (AvgIpc) is 3.06. The van der Waals surface area contributed by atoms with Gasteiger partial charge < -0.3 is 0 Å². The number of carbonyl (C=O) groups excluding carboxylic acids is 1. The van der Waals surface area contributed by atoms with E-state index in [1.54, 1.807) is 18.3 Å². The van der Waals surface area contributed by atoms with Gasteiger partial charge in [-0.1, -0.05) is 36.4 Å². The molecule has 0 unspecified atom stereocenters. The Morgan fingerprint density at radius 3 is 2.84 bits per heavy atom. The van der Waals surface area contributed by atoms with Crippen LogP contribution in [0.4, 0.5) is 4.39 Å². The van der Waals surface area contributed by atoms with Crippen LogP contribution in [-0.2, 0) is 6.54 Å². The lowest BCUT2D eigenvalue weighted by atomic mass is 10.0. The Morgan fingerprint density at radius 2 is 2.00 bits per heavy atom. The Balaban J connectivity index is 1.57. The van der Waals surface area contributed by atoms with Crippen molar-refractivity contribution in [3.8, 4) is 0 Å². The molecule has 0 saturated carbocycles. The highest BCUT2D eigenvalue weighted by Crippen LogP contribution is 2.35. The zero-order chi connectivity index (χ0) is 17.2. The lowest BCUT2D eigenvalue weighted by molar-refractivity contribution is 0.103. The van der Waals surface area contributed by atoms with Gasteiger partial charge >= 0.3 is 0 Å². The number of rotatable bonds is 3. The standard InChI is InChI=1S/C20H15FN2OS/c21-18-8-4-7-17-19(24)16(13-25-20(17)18)9-15-10-22-23(12-15)11-14-5-2-1-3-6-14/h1-10,12H,11,13H2. The fourth-order valence-corrected chi connectivity index (χ4v) is 3.88. The number of Topliss-reactive ketones (excluding diaryl/α,β-unsaturated/α-hetero) is 1. The number of aromatic nitrogens is 2. The molecule has 4 rings (SSSR count). The molecule has 0 aliphatic carbocycles. The molecule has 25 heavy (non-hydrogen) atoms. The van der Waals surface area contributed by atoms with E-state index in [-0.39, 0.29) is 11.6 Å². The Labute approximate surface area is 149 Å². The van der Waals surface area contributed by atoms with Gasteiger partial charge in [-0.3, -0.25) is 9.48 Å². The number of hydrogen-bond acceptors (Lipinski definition) is 3. The zero-order valence-corrected chi connectivity index (χ0v) is 14.2. The van der Waals surface area contributed by atoms with Crippen LogP contribution in [0.5, 0.6) is 0 Å². The maximum absolute atomic E-state index is 13.8. The van der Waals surface area contributed by atoms with Gasteiger partial charge in [0.15, 0.2) is 5.78 Å². The highest BCUT2D eigenvalue weighted by molar-refractivity contribution is 7.99. The molecule has 0 spiro atoms. The molecule has 0 saturated heterocycles. The van der Waals surface area contributed by atoms with Crippen LogP contribution in [0.2, 0.25) is 0 Å². The molecule has 0 N–H and O–H groups in total. The number of hydrogen-bond donors (Lipinski definition) is 0. The Hall–Kier alpha value is -2.66. The van der Waals surface area contributed by atoms with Crippen molar-refractivity contribution in [3.05, 3.63) is 89.0 Å². The molecule has 1 aliphatic rings. The van der Waals surface area contributed by atoms with Crippen molar-refractivity contribution < 1.29 is 9.18 Å². The summed E-state index contributed by atoms with van der Waals surface area (Å²) in [5.74, 6) is 0.0334. The second-order valence-corrected chi connectivity index (χ2v) is 6.85. The van der Waals surface area contributed by atoms with Crippen molar-refractivity contribution in [3.63, 3.8) is 0 Å². The molecule has 2 aromatic carbocycles. The van der Waals surface area contributed by atoms with E-state index in [9.17, 15) is 9.18 Å². The first-order chi connectivity index (χ1) is 12.2. The number of fused-ring (bicyclic) bond motifs is 1. The van der Waals surface area contributed by atoms with Gasteiger partial charge in [0, 0.05) is 28.6 Å². The topological polar surface area (TPSA) is 34.9 Å². The van der Waals surface area contributed by atoms with E-state index in [4.69, 9.17) is 0 Å². The fourth-order valence-electron chi connectivity index (χ4n) is 2.84. The summed E-state index contributed by atoms with van der Waals surface area (Å²) in [5.41, 5.74) is 3.15. The number of halogens is 1. The number of ketones is 1. The highest BCUT2D eigenvalue weighted by Gasteiger charge is 2.24. The van der Waals surface area contributed by atoms with Gasteiger partial charge in [0.2, 0.25) is 0 Å². The molecule has 0 amide bonds. The molecule has 1 aromatic heterocycles. The smallest absolute Gasteiger partial charge is 0.191 e. The maximum atomic E-state index is 13.8. The third-order valence-corrected chi connectivity index (χ3v) is 5.22. The first-order valence-electron chi connectivity index (χ1n) is 7.94. The van der Waals surface area contributed by atoms with Crippen molar-refractivity contribution in [1.82, 2.24) is 9.78 Å². The van der Waals surface area contributed by atoms with Crippen LogP contribution in [0, 0.1) is 5.82 Å². The Bertz CT molecular complexity index is 963. The number of nitrogens with zero attached hydrogens (tertiary/aromatic N) is 2. The van der Waals surface area contributed by atoms with Crippen molar-refractivity contribution in [2.75, 3.05) is 5.75 Å². The number of carbonyl (C=O) groups is 1. The first-order valence-corrected chi connectivity index (χ1v) is 8.92. The third kappa shape index (κ3) is 3.28. The summed E-state index contributed by atoms with van der Waals surface area (Å²) in [5, 5.41) is 4.35. The molecule has 124 valence electrons. The van der Waals surface area contributed by atoms with Crippen molar-refractivity contribution in [2.24, 2.45) is 0 Å².